The Kier molecular flexibility index (Phi) is 9.60. The van der Waals surface area contributed by atoms with Crippen LogP contribution in [0.4, 0.5) is 0 Å². The van der Waals surface area contributed by atoms with Gasteiger partial charge in [-0.15, -0.1) is 0 Å². The number of aliphatic hydroxyl groups excluding tert-OH is 1. The average molecular weight is 551 g/mol. The molecule has 2 atom stereocenters. The molecule has 4 rings (SSSR count). The van der Waals surface area contributed by atoms with Crippen molar-refractivity contribution in [1.29, 1.82) is 0 Å². The van der Waals surface area contributed by atoms with Crippen LogP contribution < -0.4 is 4.74 Å². The molecule has 1 saturated heterocycles. The van der Waals surface area contributed by atoms with Crippen LogP contribution in [0.15, 0.2) is 57.8 Å². The maximum atomic E-state index is 13.2. The number of rotatable bonds is 11. The van der Waals surface area contributed by atoms with Crippen LogP contribution in [0.25, 0.3) is 0 Å². The van der Waals surface area contributed by atoms with E-state index < -0.39 is 16.3 Å². The van der Waals surface area contributed by atoms with Gasteiger partial charge in [-0.05, 0) is 72.0 Å². The minimum atomic E-state index is -3.85. The smallest absolute Gasteiger partial charge is 0.288 e. The third-order valence-corrected chi connectivity index (χ3v) is 9.19. The fourth-order valence-electron chi connectivity index (χ4n) is 4.53. The van der Waals surface area contributed by atoms with E-state index in [1.807, 2.05) is 22.4 Å². The van der Waals surface area contributed by atoms with E-state index in [1.165, 1.54) is 23.5 Å². The summed E-state index contributed by atoms with van der Waals surface area (Å²) in [5, 5.41) is 13.5. The third kappa shape index (κ3) is 6.91. The second-order valence-corrected chi connectivity index (χ2v) is 11.7. The molecule has 0 radical (unpaired) electrons. The first kappa shape index (κ1) is 27.6. The molecule has 1 aromatic heterocycles. The van der Waals surface area contributed by atoms with Crippen molar-refractivity contribution in [1.82, 2.24) is 9.21 Å². The number of amides is 1. The van der Waals surface area contributed by atoms with E-state index in [9.17, 15) is 18.3 Å². The fourth-order valence-corrected chi connectivity index (χ4v) is 6.67. The molecule has 0 unspecified atom stereocenters. The maximum absolute atomic E-state index is 13.2. The van der Waals surface area contributed by atoms with Crippen LogP contribution in [0.3, 0.4) is 0 Å². The van der Waals surface area contributed by atoms with Crippen LogP contribution in [0.2, 0.25) is 0 Å². The van der Waals surface area contributed by atoms with Gasteiger partial charge >= 0.3 is 0 Å². The summed E-state index contributed by atoms with van der Waals surface area (Å²) in [6, 6.07) is 8.13. The molecule has 11 heteroatoms. The number of methoxy groups -OCH3 is 1. The van der Waals surface area contributed by atoms with Gasteiger partial charge in [-0.3, -0.25) is 4.79 Å². The predicted octanol–water partition coefficient (Wildman–Crippen LogP) is 3.18. The molecule has 1 amide bonds. The van der Waals surface area contributed by atoms with E-state index in [4.69, 9.17) is 14.2 Å². The number of ether oxygens (including phenoxy) is 3. The largest absolute Gasteiger partial charge is 0.497 e. The number of piperidine rings is 1. The van der Waals surface area contributed by atoms with Crippen molar-refractivity contribution in [3.05, 3.63) is 58.5 Å². The molecule has 2 aliphatic heterocycles. The first-order valence-corrected chi connectivity index (χ1v) is 14.9. The zero-order chi connectivity index (χ0) is 26.3. The van der Waals surface area contributed by atoms with Gasteiger partial charge in [0.05, 0.1) is 25.2 Å². The number of carbonyl (C=O) groups is 1. The van der Waals surface area contributed by atoms with Gasteiger partial charge in [-0.1, -0.05) is 0 Å². The molecule has 0 saturated carbocycles. The zero-order valence-electron chi connectivity index (χ0n) is 21.0. The van der Waals surface area contributed by atoms with Gasteiger partial charge in [-0.25, -0.2) is 8.42 Å². The van der Waals surface area contributed by atoms with E-state index in [1.54, 1.807) is 23.5 Å². The number of thiophene rings is 1. The Balaban J connectivity index is 1.42. The van der Waals surface area contributed by atoms with Crippen molar-refractivity contribution in [3.63, 3.8) is 0 Å². The molecule has 3 heterocycles. The number of hydrogen-bond acceptors (Lipinski definition) is 8. The molecule has 202 valence electrons. The molecule has 37 heavy (non-hydrogen) atoms. The number of nitrogens with zero attached hydrogens (tertiary/aromatic N) is 2. The monoisotopic (exact) mass is 550 g/mol. The molecule has 2 aliphatic rings. The van der Waals surface area contributed by atoms with E-state index in [0.717, 1.165) is 24.8 Å². The molecule has 2 aromatic rings. The molecule has 1 aromatic carbocycles. The standard InChI is InChI=1S/C26H34N2O7S2/c1-33-22-5-7-23(8-6-22)37(31,32)28(12-14-29)13-15-34-25-18-21(20-9-16-36-19-20)17-24(35-25)26(30)27-10-3-2-4-11-27/h5-9,16-17,19,21,25,29H,2-4,10-15,18H2,1H3/t21-,25+/m0/s1. The van der Waals surface area contributed by atoms with Crippen LogP contribution in [0.1, 0.15) is 37.2 Å². The number of allylic oxidation sites excluding steroid dienone is 1. The summed E-state index contributed by atoms with van der Waals surface area (Å²) in [6.07, 6.45) is 4.78. The van der Waals surface area contributed by atoms with Gasteiger partial charge in [-0.2, -0.15) is 15.6 Å². The lowest BCUT2D eigenvalue weighted by atomic mass is 9.95. The Hall–Kier alpha value is -2.44. The SMILES string of the molecule is COc1ccc(S(=O)(=O)N(CCO)CCO[C@H]2C[C@@H](c3ccsc3)C=C(C(=O)N3CCCCC3)O2)cc1. The van der Waals surface area contributed by atoms with Gasteiger partial charge in [0.25, 0.3) is 5.91 Å². The topological polar surface area (TPSA) is 106 Å². The number of sulfonamides is 1. The lowest BCUT2D eigenvalue weighted by Gasteiger charge is -2.33. The predicted molar refractivity (Wildman–Crippen MR) is 140 cm³/mol. The highest BCUT2D eigenvalue weighted by atomic mass is 32.2. The lowest BCUT2D eigenvalue weighted by Crippen LogP contribution is -2.40. The highest BCUT2D eigenvalue weighted by Crippen LogP contribution is 2.33. The summed E-state index contributed by atoms with van der Waals surface area (Å²) in [5.41, 5.74) is 1.09. The van der Waals surface area contributed by atoms with Gasteiger partial charge in [0, 0.05) is 38.5 Å². The molecule has 1 fully saturated rings. The van der Waals surface area contributed by atoms with Gasteiger partial charge in [0.2, 0.25) is 16.3 Å². The van der Waals surface area contributed by atoms with Crippen LogP contribution in [0, 0.1) is 0 Å². The van der Waals surface area contributed by atoms with Gasteiger partial charge < -0.3 is 24.2 Å². The summed E-state index contributed by atoms with van der Waals surface area (Å²) >= 11 is 1.59. The van der Waals surface area contributed by atoms with Crippen LogP contribution in [-0.4, -0.2) is 81.4 Å². The molecular weight excluding hydrogens is 516 g/mol. The Morgan fingerprint density at radius 1 is 1.16 bits per heavy atom. The number of benzene rings is 1. The Labute approximate surface area is 222 Å². The van der Waals surface area contributed by atoms with Crippen molar-refractivity contribution >= 4 is 27.3 Å². The number of likely N-dealkylation sites (tertiary alicyclic amines) is 1. The van der Waals surface area contributed by atoms with Gasteiger partial charge in [0.15, 0.2) is 5.76 Å². The molecular formula is C26H34N2O7S2. The number of hydrogen-bond donors (Lipinski definition) is 1. The third-order valence-electron chi connectivity index (χ3n) is 6.57. The van der Waals surface area contributed by atoms with Crippen LogP contribution in [-0.2, 0) is 24.3 Å². The first-order valence-electron chi connectivity index (χ1n) is 12.5. The summed E-state index contributed by atoms with van der Waals surface area (Å²) in [6.45, 7) is 1.10. The minimum absolute atomic E-state index is 0.0248. The van der Waals surface area contributed by atoms with E-state index in [0.29, 0.717) is 25.3 Å². The average Bonchev–Trinajstić information content (AvgIpc) is 3.48. The Bertz CT molecular complexity index is 1140. The Morgan fingerprint density at radius 3 is 2.57 bits per heavy atom. The van der Waals surface area contributed by atoms with Crippen LogP contribution >= 0.6 is 11.3 Å². The molecule has 0 spiro atoms. The first-order chi connectivity index (χ1) is 17.9. The highest BCUT2D eigenvalue weighted by molar-refractivity contribution is 7.89. The van der Waals surface area contributed by atoms with Crippen molar-refractivity contribution < 1.29 is 32.5 Å². The van der Waals surface area contributed by atoms with E-state index >= 15 is 0 Å². The number of aliphatic hydroxyl groups is 1. The maximum Gasteiger partial charge on any atom is 0.288 e. The quantitative estimate of drug-likeness (QED) is 0.458. The van der Waals surface area contributed by atoms with Crippen LogP contribution in [0.5, 0.6) is 5.75 Å². The van der Waals surface area contributed by atoms with Crippen molar-refractivity contribution in [2.75, 3.05) is 46.5 Å². The minimum Gasteiger partial charge on any atom is -0.497 e. The van der Waals surface area contributed by atoms with Crippen molar-refractivity contribution in [2.24, 2.45) is 0 Å². The molecule has 9 nitrogen and oxygen atoms in total. The molecule has 0 bridgehead atoms. The summed E-state index contributed by atoms with van der Waals surface area (Å²) in [4.78, 5) is 15.1. The highest BCUT2D eigenvalue weighted by Gasteiger charge is 2.32. The van der Waals surface area contributed by atoms with Crippen molar-refractivity contribution in [3.8, 4) is 5.75 Å². The lowest BCUT2D eigenvalue weighted by molar-refractivity contribution is -0.153. The molecule has 0 aliphatic carbocycles. The summed E-state index contributed by atoms with van der Waals surface area (Å²) in [5.74, 6) is 0.670. The van der Waals surface area contributed by atoms with Gasteiger partial charge in [0.1, 0.15) is 5.75 Å². The summed E-state index contributed by atoms with van der Waals surface area (Å²) in [7, 11) is -2.34. The Morgan fingerprint density at radius 2 is 1.92 bits per heavy atom. The normalized spacial score (nSPS) is 20.4. The van der Waals surface area contributed by atoms with Crippen molar-refractivity contribution in [2.45, 2.75) is 42.8 Å². The fraction of sp³-hybridized carbons (Fsp3) is 0.500. The summed E-state index contributed by atoms with van der Waals surface area (Å²) < 4.78 is 44.6. The second-order valence-electron chi connectivity index (χ2n) is 9.00. The molecule has 1 N–H and O–H groups in total. The second kappa shape index (κ2) is 12.9. The number of carbonyl (C=O) groups excluding carboxylic acids is 1. The zero-order valence-corrected chi connectivity index (χ0v) is 22.6. The van der Waals surface area contributed by atoms with E-state index in [-0.39, 0.29) is 48.8 Å². The van der Waals surface area contributed by atoms with E-state index in [2.05, 4.69) is 5.38 Å².